The Balaban J connectivity index is 0.961. The molecule has 4 aromatic heterocycles. The molecule has 13 rings (SSSR count). The van der Waals surface area contributed by atoms with Gasteiger partial charge in [0, 0.05) is 54.7 Å². The van der Waals surface area contributed by atoms with Crippen LogP contribution in [0.25, 0.3) is 128 Å². The average molecular weight is 807 g/mol. The van der Waals surface area contributed by atoms with Gasteiger partial charge in [0.25, 0.3) is 0 Å². The SMILES string of the molecule is c1ccc(-c2ccc3c(c2)c2ccc(-c4cccc5c4oc4cc(-c6nc(-c7ccccc7)nc(-c7cccc8c7oc7ccccc78)n6)ccc45)cc2n3-c2ccccc2)cc1. The summed E-state index contributed by atoms with van der Waals surface area (Å²) < 4.78 is 15.7. The van der Waals surface area contributed by atoms with Crippen LogP contribution in [0.3, 0.4) is 0 Å². The highest BCUT2D eigenvalue weighted by Crippen LogP contribution is 2.42. The third kappa shape index (κ3) is 5.69. The average Bonchev–Trinajstić information content (AvgIpc) is 4.03. The number of para-hydroxylation sites is 4. The molecule has 0 aliphatic heterocycles. The van der Waals surface area contributed by atoms with E-state index in [4.69, 9.17) is 23.8 Å². The van der Waals surface area contributed by atoms with Gasteiger partial charge in [-0.05, 0) is 71.3 Å². The lowest BCUT2D eigenvalue weighted by Crippen LogP contribution is -2.00. The van der Waals surface area contributed by atoms with Gasteiger partial charge < -0.3 is 13.4 Å². The lowest BCUT2D eigenvalue weighted by atomic mass is 9.99. The van der Waals surface area contributed by atoms with Crippen molar-refractivity contribution in [3.05, 3.63) is 206 Å². The summed E-state index contributed by atoms with van der Waals surface area (Å²) in [6, 6.07) is 71.7. The molecule has 6 heteroatoms. The van der Waals surface area contributed by atoms with Crippen LogP contribution in [0.2, 0.25) is 0 Å². The van der Waals surface area contributed by atoms with E-state index in [-0.39, 0.29) is 0 Å². The smallest absolute Gasteiger partial charge is 0.167 e. The van der Waals surface area contributed by atoms with Crippen LogP contribution in [0.15, 0.2) is 215 Å². The van der Waals surface area contributed by atoms with Gasteiger partial charge >= 0.3 is 0 Å². The van der Waals surface area contributed by atoms with Crippen LogP contribution in [0.4, 0.5) is 0 Å². The summed E-state index contributed by atoms with van der Waals surface area (Å²) >= 11 is 0. The lowest BCUT2D eigenvalue weighted by molar-refractivity contribution is 0.669. The highest BCUT2D eigenvalue weighted by Gasteiger charge is 2.20. The largest absolute Gasteiger partial charge is 0.455 e. The van der Waals surface area contributed by atoms with E-state index in [1.165, 1.54) is 21.9 Å². The van der Waals surface area contributed by atoms with Crippen LogP contribution < -0.4 is 0 Å². The molecule has 0 saturated heterocycles. The van der Waals surface area contributed by atoms with Crippen LogP contribution in [0.5, 0.6) is 0 Å². The van der Waals surface area contributed by atoms with Crippen LogP contribution >= 0.6 is 0 Å². The minimum atomic E-state index is 0.537. The minimum Gasteiger partial charge on any atom is -0.455 e. The molecule has 0 fully saturated rings. The van der Waals surface area contributed by atoms with Gasteiger partial charge in [0.15, 0.2) is 17.5 Å². The number of fused-ring (bicyclic) bond motifs is 9. The van der Waals surface area contributed by atoms with Crippen molar-refractivity contribution in [1.82, 2.24) is 19.5 Å². The summed E-state index contributed by atoms with van der Waals surface area (Å²) in [7, 11) is 0. The second-order valence-electron chi connectivity index (χ2n) is 15.9. The monoisotopic (exact) mass is 806 g/mol. The molecule has 6 nitrogen and oxygen atoms in total. The second kappa shape index (κ2) is 14.0. The fourth-order valence-corrected chi connectivity index (χ4v) is 9.28. The molecule has 0 bridgehead atoms. The van der Waals surface area contributed by atoms with Crippen molar-refractivity contribution in [3.8, 4) is 62.1 Å². The molecule has 13 aromatic rings. The normalized spacial score (nSPS) is 11.8. The number of aromatic nitrogens is 4. The van der Waals surface area contributed by atoms with Gasteiger partial charge in [0.05, 0.1) is 16.6 Å². The summed E-state index contributed by atoms with van der Waals surface area (Å²) in [4.78, 5) is 15.2. The predicted molar refractivity (Wildman–Crippen MR) is 256 cm³/mol. The molecule has 0 atom stereocenters. The Morgan fingerprint density at radius 3 is 1.67 bits per heavy atom. The molecule has 0 unspecified atom stereocenters. The second-order valence-corrected chi connectivity index (χ2v) is 15.9. The number of nitrogens with zero attached hydrogens (tertiary/aromatic N) is 4. The summed E-state index contributed by atoms with van der Waals surface area (Å²) in [6.07, 6.45) is 0. The third-order valence-electron chi connectivity index (χ3n) is 12.3. The molecule has 0 radical (unpaired) electrons. The summed E-state index contributed by atoms with van der Waals surface area (Å²) in [5.41, 5.74) is 13.6. The number of benzene rings is 9. The lowest BCUT2D eigenvalue weighted by Gasteiger charge is -2.09. The van der Waals surface area contributed by atoms with Crippen molar-refractivity contribution >= 4 is 65.7 Å². The van der Waals surface area contributed by atoms with Crippen molar-refractivity contribution < 1.29 is 8.83 Å². The fraction of sp³-hybridized carbons (Fsp3) is 0. The maximum atomic E-state index is 6.88. The Morgan fingerprint density at radius 1 is 0.302 bits per heavy atom. The molecule has 63 heavy (non-hydrogen) atoms. The number of hydrogen-bond acceptors (Lipinski definition) is 5. The van der Waals surface area contributed by atoms with Gasteiger partial charge in [-0.2, -0.15) is 0 Å². The zero-order valence-corrected chi connectivity index (χ0v) is 33.7. The first-order chi connectivity index (χ1) is 31.2. The van der Waals surface area contributed by atoms with E-state index in [1.807, 2.05) is 60.7 Å². The molecular weight excluding hydrogens is 773 g/mol. The van der Waals surface area contributed by atoms with Gasteiger partial charge in [-0.3, -0.25) is 0 Å². The van der Waals surface area contributed by atoms with Crippen molar-refractivity contribution in [2.45, 2.75) is 0 Å². The molecule has 0 aliphatic rings. The van der Waals surface area contributed by atoms with E-state index in [9.17, 15) is 0 Å². The van der Waals surface area contributed by atoms with E-state index in [1.54, 1.807) is 0 Å². The number of hydrogen-bond donors (Lipinski definition) is 0. The fourth-order valence-electron chi connectivity index (χ4n) is 9.28. The quantitative estimate of drug-likeness (QED) is 0.167. The zero-order chi connectivity index (χ0) is 41.4. The molecule has 9 aromatic carbocycles. The number of rotatable bonds is 6. The van der Waals surface area contributed by atoms with Crippen LogP contribution in [0.1, 0.15) is 0 Å². The summed E-state index contributed by atoms with van der Waals surface area (Å²) in [6.45, 7) is 0. The highest BCUT2D eigenvalue weighted by molar-refractivity contribution is 6.14. The van der Waals surface area contributed by atoms with E-state index >= 15 is 0 Å². The molecule has 0 amide bonds. The van der Waals surface area contributed by atoms with Crippen molar-refractivity contribution in [2.75, 3.05) is 0 Å². The topological polar surface area (TPSA) is 69.9 Å². The van der Waals surface area contributed by atoms with Crippen molar-refractivity contribution in [2.24, 2.45) is 0 Å². The summed E-state index contributed by atoms with van der Waals surface area (Å²) in [5, 5.41) is 6.54. The standard InChI is InChI=1S/C57H34N4O2/c1-4-14-35(15-5-1)37-28-31-49-48(32-37)42-29-26-38(33-50(42)61(49)40-18-8-3-9-19-40)41-21-12-22-46-44-30-27-39(34-52(44)63-53(41)46)56-58-55(36-16-6-2-7-17-36)59-57(60-56)47-24-13-23-45-43-20-10-11-25-51(43)62-54(45)47/h1-34H. The Kier molecular flexibility index (Phi) is 7.80. The van der Waals surface area contributed by atoms with E-state index in [0.29, 0.717) is 17.5 Å². The first-order valence-corrected chi connectivity index (χ1v) is 21.1. The first kappa shape index (κ1) is 35.2. The maximum Gasteiger partial charge on any atom is 0.167 e. The maximum absolute atomic E-state index is 6.88. The third-order valence-corrected chi connectivity index (χ3v) is 12.3. The molecule has 294 valence electrons. The van der Waals surface area contributed by atoms with Crippen LogP contribution in [0, 0.1) is 0 Å². The van der Waals surface area contributed by atoms with Gasteiger partial charge in [-0.25, -0.2) is 15.0 Å². The van der Waals surface area contributed by atoms with Gasteiger partial charge in [-0.15, -0.1) is 0 Å². The molecule has 4 heterocycles. The van der Waals surface area contributed by atoms with E-state index in [0.717, 1.165) is 88.4 Å². The van der Waals surface area contributed by atoms with Crippen molar-refractivity contribution in [3.63, 3.8) is 0 Å². The Bertz CT molecular complexity index is 3900. The first-order valence-electron chi connectivity index (χ1n) is 21.1. The van der Waals surface area contributed by atoms with Gasteiger partial charge in [0.2, 0.25) is 0 Å². The number of furan rings is 2. The molecule has 0 N–H and O–H groups in total. The van der Waals surface area contributed by atoms with Gasteiger partial charge in [0.1, 0.15) is 22.3 Å². The summed E-state index contributed by atoms with van der Waals surface area (Å²) in [5.74, 6) is 1.66. The zero-order valence-electron chi connectivity index (χ0n) is 33.7. The van der Waals surface area contributed by atoms with Crippen LogP contribution in [-0.2, 0) is 0 Å². The minimum absolute atomic E-state index is 0.537. The van der Waals surface area contributed by atoms with E-state index < -0.39 is 0 Å². The molecule has 0 aliphatic carbocycles. The Labute approximate surface area is 361 Å². The molecular formula is C57H34N4O2. The molecule has 0 saturated carbocycles. The van der Waals surface area contributed by atoms with Gasteiger partial charge in [-0.1, -0.05) is 152 Å². The Hall–Kier alpha value is -8.61. The van der Waals surface area contributed by atoms with Crippen molar-refractivity contribution in [1.29, 1.82) is 0 Å². The highest BCUT2D eigenvalue weighted by atomic mass is 16.3. The van der Waals surface area contributed by atoms with E-state index in [2.05, 4.69) is 150 Å². The van der Waals surface area contributed by atoms with Crippen LogP contribution in [-0.4, -0.2) is 19.5 Å². The predicted octanol–water partition coefficient (Wildman–Crippen LogP) is 15.1. The Morgan fingerprint density at radius 2 is 0.873 bits per heavy atom. The molecule has 0 spiro atoms.